The van der Waals surface area contributed by atoms with Gasteiger partial charge in [-0.1, -0.05) is 24.3 Å². The summed E-state index contributed by atoms with van der Waals surface area (Å²) in [5, 5.41) is 10.1. The quantitative estimate of drug-likeness (QED) is 0.237. The van der Waals surface area contributed by atoms with E-state index >= 15 is 0 Å². The molecule has 0 spiro atoms. The first-order valence-electron chi connectivity index (χ1n) is 13.0. The fraction of sp³-hybridized carbons (Fsp3) is 0.138. The van der Waals surface area contributed by atoms with Crippen LogP contribution in [0.4, 0.5) is 32.2 Å². The van der Waals surface area contributed by atoms with Crippen molar-refractivity contribution in [2.75, 3.05) is 5.73 Å². The average Bonchev–Trinajstić information content (AvgIpc) is 3.64. The third-order valence-electron chi connectivity index (χ3n) is 6.43. The maximum atomic E-state index is 12.7. The van der Waals surface area contributed by atoms with E-state index in [1.807, 2.05) is 0 Å². The van der Waals surface area contributed by atoms with Crippen LogP contribution in [0.15, 0.2) is 99.8 Å². The second-order valence-electron chi connectivity index (χ2n) is 9.62. The molecule has 240 valence electrons. The van der Waals surface area contributed by atoms with Gasteiger partial charge in [-0.2, -0.15) is 36.5 Å². The normalized spacial score (nSPS) is 11.4. The van der Waals surface area contributed by atoms with Gasteiger partial charge in [0.25, 0.3) is 11.1 Å². The third kappa shape index (κ3) is 7.61. The molecule has 6 rings (SSSR count). The van der Waals surface area contributed by atoms with Crippen LogP contribution in [-0.2, 0) is 26.4 Å². The lowest BCUT2D eigenvalue weighted by atomic mass is 10.1. The molecule has 17 heteroatoms. The maximum absolute atomic E-state index is 12.7. The van der Waals surface area contributed by atoms with Gasteiger partial charge in [0.05, 0.1) is 23.5 Å². The first kappa shape index (κ1) is 33.0. The molecule has 0 aliphatic heterocycles. The molecular weight excluding hydrogens is 622 g/mol. The zero-order valence-corrected chi connectivity index (χ0v) is 23.9. The van der Waals surface area contributed by atoms with Crippen molar-refractivity contribution in [2.24, 2.45) is 14.1 Å². The molecule has 0 saturated heterocycles. The molecule has 0 bridgehead atoms. The zero-order valence-electron chi connectivity index (χ0n) is 23.9. The lowest BCUT2D eigenvalue weighted by Gasteiger charge is -2.07. The minimum atomic E-state index is -4.41. The number of anilines is 1. The Morgan fingerprint density at radius 2 is 1.35 bits per heavy atom. The number of fused-ring (bicyclic) bond motifs is 1. The average molecular weight is 647 g/mol. The highest BCUT2D eigenvalue weighted by molar-refractivity contribution is 5.77. The molecule has 0 aliphatic rings. The number of alkyl halides is 6. The number of aromatic nitrogens is 7. The standard InChI is InChI=1S/C13H8F3N3O.C10H8F3N3.C6H8N2O2/c14-13(15,16)9-3-1-2-8(6-9)10-7-17-19-5-4-11(20)18-12(10)19;11-10(12,13)7-3-1-2-6(4-7)8-5-15-16-9(8)14;1-7-4-3-5(9)8(2)6(7)10/h1-7H,(H,18,20);1-5H,(H3,14,15,16);3-4H,1-2H3. The molecule has 6 aromatic rings. The SMILES string of the molecule is Cn1ccc(=O)n(C)c1=O.Nc1[nH]ncc1-c1cccc(C(F)(F)F)c1.O=c1ccn2ncc(-c3cccc(C(F)(F)F)c3)c2[nH]1. The van der Waals surface area contributed by atoms with E-state index in [-0.39, 0.29) is 22.6 Å². The Labute approximate surface area is 254 Å². The number of nitrogens with one attached hydrogen (secondary N) is 2. The summed E-state index contributed by atoms with van der Waals surface area (Å²) in [6, 6.07) is 12.5. The predicted molar refractivity (Wildman–Crippen MR) is 157 cm³/mol. The van der Waals surface area contributed by atoms with Crippen molar-refractivity contribution in [1.29, 1.82) is 0 Å². The minimum absolute atomic E-state index is 0.249. The number of hydrogen-bond donors (Lipinski definition) is 3. The Balaban J connectivity index is 0.000000166. The highest BCUT2D eigenvalue weighted by Gasteiger charge is 2.31. The molecular formula is C29H24F6N8O3. The second kappa shape index (κ2) is 13.0. The van der Waals surface area contributed by atoms with E-state index in [2.05, 4.69) is 20.3 Å². The predicted octanol–water partition coefficient (Wildman–Crippen LogP) is 4.47. The maximum Gasteiger partial charge on any atom is 0.416 e. The number of hydrogen-bond acceptors (Lipinski definition) is 6. The van der Waals surface area contributed by atoms with Crippen molar-refractivity contribution in [3.05, 3.63) is 128 Å². The Bertz CT molecular complexity index is 2160. The van der Waals surface area contributed by atoms with Crippen LogP contribution in [-0.4, -0.2) is 33.9 Å². The molecule has 11 nitrogen and oxygen atoms in total. The number of nitrogens with two attached hydrogens (primary N) is 1. The summed E-state index contributed by atoms with van der Waals surface area (Å²) in [5.41, 5.74) is 5.17. The molecule has 0 aliphatic carbocycles. The number of nitrogens with zero attached hydrogens (tertiary/aromatic N) is 5. The molecule has 0 saturated carbocycles. The lowest BCUT2D eigenvalue weighted by molar-refractivity contribution is -0.138. The van der Waals surface area contributed by atoms with E-state index in [4.69, 9.17) is 5.73 Å². The smallest absolute Gasteiger partial charge is 0.384 e. The van der Waals surface area contributed by atoms with E-state index in [1.165, 1.54) is 71.2 Å². The van der Waals surface area contributed by atoms with Crippen LogP contribution in [0.1, 0.15) is 11.1 Å². The van der Waals surface area contributed by atoms with Crippen molar-refractivity contribution in [1.82, 2.24) is 33.9 Å². The van der Waals surface area contributed by atoms with Crippen LogP contribution in [0, 0.1) is 0 Å². The Morgan fingerprint density at radius 1 is 0.761 bits per heavy atom. The monoisotopic (exact) mass is 646 g/mol. The second-order valence-corrected chi connectivity index (χ2v) is 9.62. The van der Waals surface area contributed by atoms with Crippen molar-refractivity contribution < 1.29 is 26.3 Å². The lowest BCUT2D eigenvalue weighted by Crippen LogP contribution is -2.35. The number of aryl methyl sites for hydroxylation is 1. The van der Waals surface area contributed by atoms with E-state index in [0.717, 1.165) is 28.8 Å². The number of H-pyrrole nitrogens is 2. The summed E-state index contributed by atoms with van der Waals surface area (Å²) in [7, 11) is 3.05. The summed E-state index contributed by atoms with van der Waals surface area (Å²) < 4.78 is 79.3. The largest absolute Gasteiger partial charge is 0.416 e. The van der Waals surface area contributed by atoms with Crippen molar-refractivity contribution in [3.8, 4) is 22.3 Å². The molecule has 0 radical (unpaired) electrons. The Hall–Kier alpha value is -5.87. The first-order chi connectivity index (χ1) is 21.6. The van der Waals surface area contributed by atoms with E-state index in [1.54, 1.807) is 13.1 Å². The van der Waals surface area contributed by atoms with Gasteiger partial charge >= 0.3 is 18.0 Å². The molecule has 0 fully saturated rings. The molecule has 4 N–H and O–H groups in total. The van der Waals surface area contributed by atoms with Gasteiger partial charge in [0.15, 0.2) is 0 Å². The van der Waals surface area contributed by atoms with Crippen LogP contribution < -0.4 is 22.5 Å². The number of halogens is 6. The number of nitrogen functional groups attached to an aromatic ring is 1. The molecule has 2 aromatic carbocycles. The summed E-state index contributed by atoms with van der Waals surface area (Å²) in [4.78, 5) is 35.5. The van der Waals surface area contributed by atoms with Gasteiger partial charge in [0.1, 0.15) is 11.5 Å². The fourth-order valence-corrected chi connectivity index (χ4v) is 4.04. The van der Waals surface area contributed by atoms with Crippen molar-refractivity contribution >= 4 is 11.5 Å². The summed E-state index contributed by atoms with van der Waals surface area (Å²) >= 11 is 0. The molecule has 0 amide bonds. The van der Waals surface area contributed by atoms with Crippen LogP contribution in [0.3, 0.4) is 0 Å². The highest BCUT2D eigenvalue weighted by atomic mass is 19.4. The number of rotatable bonds is 2. The summed E-state index contributed by atoms with van der Waals surface area (Å²) in [6.07, 6.45) is -3.05. The minimum Gasteiger partial charge on any atom is -0.384 e. The van der Waals surface area contributed by atoms with Crippen molar-refractivity contribution in [3.63, 3.8) is 0 Å². The Morgan fingerprint density at radius 3 is 1.87 bits per heavy atom. The van der Waals surface area contributed by atoms with Gasteiger partial charge in [-0.3, -0.25) is 19.3 Å². The third-order valence-corrected chi connectivity index (χ3v) is 6.43. The van der Waals surface area contributed by atoms with Crippen molar-refractivity contribution in [2.45, 2.75) is 12.4 Å². The molecule has 4 heterocycles. The number of benzene rings is 2. The highest BCUT2D eigenvalue weighted by Crippen LogP contribution is 2.34. The van der Waals surface area contributed by atoms with Gasteiger partial charge in [0, 0.05) is 49.7 Å². The van der Waals surface area contributed by atoms with E-state index in [0.29, 0.717) is 27.9 Å². The van der Waals surface area contributed by atoms with Gasteiger partial charge < -0.3 is 15.3 Å². The van der Waals surface area contributed by atoms with Gasteiger partial charge in [-0.05, 0) is 35.4 Å². The van der Waals surface area contributed by atoms with E-state index in [9.17, 15) is 40.7 Å². The molecule has 4 aromatic heterocycles. The topological polar surface area (TPSA) is 149 Å². The molecule has 0 atom stereocenters. The van der Waals surface area contributed by atoms with E-state index < -0.39 is 23.5 Å². The summed E-state index contributed by atoms with van der Waals surface area (Å²) in [5.74, 6) is 0.249. The fourth-order valence-electron chi connectivity index (χ4n) is 4.04. The van der Waals surface area contributed by atoms with Crippen LogP contribution >= 0.6 is 0 Å². The molecule has 46 heavy (non-hydrogen) atoms. The van der Waals surface area contributed by atoms with Gasteiger partial charge in [0.2, 0.25) is 0 Å². The van der Waals surface area contributed by atoms with Crippen LogP contribution in [0.25, 0.3) is 27.9 Å². The van der Waals surface area contributed by atoms with Gasteiger partial charge in [-0.25, -0.2) is 9.31 Å². The summed E-state index contributed by atoms with van der Waals surface area (Å²) in [6.45, 7) is 0. The zero-order chi connectivity index (χ0) is 33.8. The Kier molecular flexibility index (Phi) is 9.34. The van der Waals surface area contributed by atoms with Crippen LogP contribution in [0.2, 0.25) is 0 Å². The van der Waals surface area contributed by atoms with Gasteiger partial charge in [-0.15, -0.1) is 0 Å². The first-order valence-corrected chi connectivity index (χ1v) is 13.0. The number of aromatic amines is 2. The molecule has 0 unspecified atom stereocenters. The van der Waals surface area contributed by atoms with Crippen LogP contribution in [0.5, 0.6) is 0 Å².